The summed E-state index contributed by atoms with van der Waals surface area (Å²) < 4.78 is 13.0. The highest BCUT2D eigenvalue weighted by atomic mass is 28.4. The van der Waals surface area contributed by atoms with Crippen LogP contribution in [0.2, 0.25) is 10.6 Å². The minimum Gasteiger partial charge on any atom is -0.394 e. The van der Waals surface area contributed by atoms with E-state index in [-0.39, 0.29) is 0 Å². The Hall–Kier alpha value is 0.137. The summed E-state index contributed by atoms with van der Waals surface area (Å²) in [5.41, 5.74) is 0.740. The first-order valence-corrected chi connectivity index (χ1v) is 10.4. The highest BCUT2D eigenvalue weighted by Gasteiger charge is 2.59. The van der Waals surface area contributed by atoms with Gasteiger partial charge in [0.15, 0.2) is 0 Å². The van der Waals surface area contributed by atoms with Crippen LogP contribution in [0.3, 0.4) is 0 Å². The summed E-state index contributed by atoms with van der Waals surface area (Å²) in [4.78, 5) is 0. The molecule has 0 aliphatic heterocycles. The lowest BCUT2D eigenvalue weighted by Gasteiger charge is -2.48. The van der Waals surface area contributed by atoms with Crippen molar-refractivity contribution in [2.45, 2.75) is 89.1 Å². The third kappa shape index (κ3) is 2.93. The van der Waals surface area contributed by atoms with Crippen molar-refractivity contribution in [3.63, 3.8) is 0 Å². The zero-order chi connectivity index (χ0) is 13.8. The molecule has 2 saturated carbocycles. The lowest BCUT2D eigenvalue weighted by Crippen LogP contribution is -2.56. The number of hydrogen-bond acceptors (Lipinski definition) is 2. The summed E-state index contributed by atoms with van der Waals surface area (Å²) in [5.74, 6) is 0. The van der Waals surface area contributed by atoms with Crippen molar-refractivity contribution < 1.29 is 8.85 Å². The van der Waals surface area contributed by atoms with Crippen molar-refractivity contribution in [3.05, 3.63) is 0 Å². The van der Waals surface area contributed by atoms with E-state index in [4.69, 9.17) is 8.85 Å². The fourth-order valence-electron chi connectivity index (χ4n) is 4.53. The van der Waals surface area contributed by atoms with E-state index in [1.165, 1.54) is 57.8 Å². The molecule has 0 saturated heterocycles. The lowest BCUT2D eigenvalue weighted by molar-refractivity contribution is 0.136. The van der Waals surface area contributed by atoms with Gasteiger partial charge in [0.2, 0.25) is 0 Å². The molecule has 0 atom stereocenters. The largest absolute Gasteiger partial charge is 0.394 e. The van der Waals surface area contributed by atoms with E-state index >= 15 is 0 Å². The van der Waals surface area contributed by atoms with Gasteiger partial charge in [-0.1, -0.05) is 39.0 Å². The van der Waals surface area contributed by atoms with Crippen molar-refractivity contribution in [2.75, 3.05) is 13.2 Å². The Bertz CT molecular complexity index is 262. The molecule has 2 aliphatic carbocycles. The van der Waals surface area contributed by atoms with Crippen LogP contribution in [0.1, 0.15) is 78.6 Å². The summed E-state index contributed by atoms with van der Waals surface area (Å²) >= 11 is 0. The molecule has 0 aromatic heterocycles. The van der Waals surface area contributed by atoms with E-state index in [0.29, 0.717) is 5.04 Å². The average Bonchev–Trinajstić information content (AvgIpc) is 2.88. The van der Waals surface area contributed by atoms with Crippen LogP contribution in [-0.4, -0.2) is 21.8 Å². The van der Waals surface area contributed by atoms with Crippen molar-refractivity contribution in [1.29, 1.82) is 0 Å². The number of rotatable bonds is 6. The van der Waals surface area contributed by atoms with Crippen LogP contribution in [0.4, 0.5) is 0 Å². The highest BCUT2D eigenvalue weighted by molar-refractivity contribution is 6.72. The third-order valence-corrected chi connectivity index (χ3v) is 10.7. The van der Waals surface area contributed by atoms with Gasteiger partial charge in [-0.3, -0.25) is 0 Å². The smallest absolute Gasteiger partial charge is 0.347 e. The van der Waals surface area contributed by atoms with Crippen LogP contribution < -0.4 is 0 Å². The molecule has 0 bridgehead atoms. The van der Waals surface area contributed by atoms with Crippen molar-refractivity contribution in [2.24, 2.45) is 0 Å². The summed E-state index contributed by atoms with van der Waals surface area (Å²) in [6.45, 7) is 8.45. The fourth-order valence-corrected chi connectivity index (χ4v) is 9.85. The first kappa shape index (κ1) is 15.5. The Morgan fingerprint density at radius 3 is 1.89 bits per heavy atom. The molecule has 0 radical (unpaired) electrons. The monoisotopic (exact) mass is 284 g/mol. The maximum Gasteiger partial charge on any atom is 0.347 e. The van der Waals surface area contributed by atoms with Gasteiger partial charge in [-0.15, -0.1) is 0 Å². The van der Waals surface area contributed by atoms with Gasteiger partial charge in [-0.05, 0) is 39.5 Å². The topological polar surface area (TPSA) is 18.5 Å². The van der Waals surface area contributed by atoms with E-state index in [9.17, 15) is 0 Å². The molecule has 2 fully saturated rings. The van der Waals surface area contributed by atoms with Gasteiger partial charge in [0, 0.05) is 23.8 Å². The van der Waals surface area contributed by atoms with E-state index < -0.39 is 8.56 Å². The van der Waals surface area contributed by atoms with Crippen LogP contribution in [0.15, 0.2) is 0 Å². The van der Waals surface area contributed by atoms with Crippen LogP contribution in [0, 0.1) is 0 Å². The molecule has 2 nitrogen and oxygen atoms in total. The summed E-state index contributed by atoms with van der Waals surface area (Å²) in [5, 5.41) is 0.362. The first-order chi connectivity index (χ1) is 9.18. The van der Waals surface area contributed by atoms with Crippen LogP contribution in [0.5, 0.6) is 0 Å². The Kier molecular flexibility index (Phi) is 5.50. The summed E-state index contributed by atoms with van der Waals surface area (Å²) in [7, 11) is -2.09. The van der Waals surface area contributed by atoms with E-state index in [1.54, 1.807) is 0 Å². The Balaban J connectivity index is 2.27. The third-order valence-electron chi connectivity index (χ3n) is 5.41. The molecule has 19 heavy (non-hydrogen) atoms. The predicted octanol–water partition coefficient (Wildman–Crippen LogP) is 5.17. The number of hydrogen-bond donors (Lipinski definition) is 0. The molecule has 0 heterocycles. The molecule has 3 heteroatoms. The Morgan fingerprint density at radius 1 is 0.895 bits per heavy atom. The van der Waals surface area contributed by atoms with Gasteiger partial charge in [0.1, 0.15) is 0 Å². The van der Waals surface area contributed by atoms with Crippen molar-refractivity contribution >= 4 is 8.56 Å². The van der Waals surface area contributed by atoms with E-state index in [1.807, 2.05) is 0 Å². The first-order valence-electron chi connectivity index (χ1n) is 8.46. The van der Waals surface area contributed by atoms with Gasteiger partial charge >= 0.3 is 8.56 Å². The van der Waals surface area contributed by atoms with Crippen molar-refractivity contribution in [3.8, 4) is 0 Å². The zero-order valence-corrected chi connectivity index (χ0v) is 14.2. The molecular formula is C16H32O2Si. The van der Waals surface area contributed by atoms with E-state index in [2.05, 4.69) is 20.8 Å². The minimum absolute atomic E-state index is 0.362. The molecule has 0 amide bonds. The fraction of sp³-hybridized carbons (Fsp3) is 1.00. The second-order valence-corrected chi connectivity index (χ2v) is 10.6. The molecule has 2 rings (SSSR count). The highest BCUT2D eigenvalue weighted by Crippen LogP contribution is 2.59. The van der Waals surface area contributed by atoms with Gasteiger partial charge in [0.05, 0.1) is 0 Å². The quantitative estimate of drug-likeness (QED) is 0.626. The summed E-state index contributed by atoms with van der Waals surface area (Å²) in [6.07, 6.45) is 12.3. The predicted molar refractivity (Wildman–Crippen MR) is 82.7 cm³/mol. The maximum absolute atomic E-state index is 6.51. The standard InChI is InChI=1S/C16H32O2Si/c1-4-17-19(18-5-2,15-11-7-6-8-12-15)16(3)13-9-10-14-16/h15H,4-14H2,1-3H3. The van der Waals surface area contributed by atoms with Gasteiger partial charge in [0.25, 0.3) is 0 Å². The van der Waals surface area contributed by atoms with Gasteiger partial charge in [-0.2, -0.15) is 0 Å². The Labute approximate surface area is 120 Å². The van der Waals surface area contributed by atoms with Crippen molar-refractivity contribution in [1.82, 2.24) is 0 Å². The summed E-state index contributed by atoms with van der Waals surface area (Å²) in [6, 6.07) is 0. The lowest BCUT2D eigenvalue weighted by atomic mass is 10.0. The molecule has 0 unspecified atom stereocenters. The SMILES string of the molecule is CCO[Si](OCC)(C1CCCCC1)C1(C)CCCC1. The molecular weight excluding hydrogens is 252 g/mol. The molecule has 0 N–H and O–H groups in total. The van der Waals surface area contributed by atoms with E-state index in [0.717, 1.165) is 18.8 Å². The second kappa shape index (κ2) is 6.73. The normalized spacial score (nSPS) is 24.8. The average molecular weight is 285 g/mol. The zero-order valence-electron chi connectivity index (χ0n) is 13.2. The molecule has 0 aromatic rings. The molecule has 0 aromatic carbocycles. The second-order valence-electron chi connectivity index (χ2n) is 6.64. The van der Waals surface area contributed by atoms with Crippen LogP contribution in [-0.2, 0) is 8.85 Å². The Morgan fingerprint density at radius 2 is 1.42 bits per heavy atom. The molecule has 112 valence electrons. The minimum atomic E-state index is -2.09. The van der Waals surface area contributed by atoms with Gasteiger partial charge < -0.3 is 8.85 Å². The molecule has 0 spiro atoms. The van der Waals surface area contributed by atoms with Gasteiger partial charge in [-0.25, -0.2) is 0 Å². The van der Waals surface area contributed by atoms with Crippen LogP contribution >= 0.6 is 0 Å². The molecule has 2 aliphatic rings. The van der Waals surface area contributed by atoms with Crippen LogP contribution in [0.25, 0.3) is 0 Å². The maximum atomic E-state index is 6.51.